The van der Waals surface area contributed by atoms with Gasteiger partial charge in [-0.05, 0) is 24.6 Å². The fourth-order valence-electron chi connectivity index (χ4n) is 2.04. The molecule has 1 aliphatic heterocycles. The minimum Gasteiger partial charge on any atom is -0.463 e. The average molecular weight is 353 g/mol. The van der Waals surface area contributed by atoms with E-state index in [-0.39, 0.29) is 37.4 Å². The van der Waals surface area contributed by atoms with Gasteiger partial charge in [0.1, 0.15) is 6.61 Å². The van der Waals surface area contributed by atoms with E-state index >= 15 is 0 Å². The zero-order valence-electron chi connectivity index (χ0n) is 13.1. The van der Waals surface area contributed by atoms with Crippen molar-refractivity contribution in [3.63, 3.8) is 0 Å². The van der Waals surface area contributed by atoms with Crippen LogP contribution in [0.2, 0.25) is 5.02 Å². The fraction of sp³-hybridized carbons (Fsp3) is 0.312. The molecule has 0 fully saturated rings. The molecular weight excluding hydrogens is 336 g/mol. The van der Waals surface area contributed by atoms with Gasteiger partial charge in [-0.3, -0.25) is 4.79 Å². The summed E-state index contributed by atoms with van der Waals surface area (Å²) in [6.45, 7) is 1.70. The number of carbonyl (C=O) groups excluding carboxylic acids is 3. The number of carbonyl (C=O) groups is 3. The number of urea groups is 1. The van der Waals surface area contributed by atoms with Gasteiger partial charge in [-0.25, -0.2) is 9.59 Å². The Kier molecular flexibility index (Phi) is 6.20. The fourth-order valence-corrected chi connectivity index (χ4v) is 2.17. The third kappa shape index (κ3) is 4.99. The maximum Gasteiger partial charge on any atom is 0.337 e. The summed E-state index contributed by atoms with van der Waals surface area (Å²) in [5.74, 6) is -1.05. The Morgan fingerprint density at radius 1 is 1.21 bits per heavy atom. The third-order valence-corrected chi connectivity index (χ3v) is 3.47. The molecule has 0 spiro atoms. The van der Waals surface area contributed by atoms with Crippen LogP contribution in [0.3, 0.4) is 0 Å². The van der Waals surface area contributed by atoms with Crippen LogP contribution < -0.4 is 10.6 Å². The van der Waals surface area contributed by atoms with Crippen LogP contribution in [0.25, 0.3) is 0 Å². The number of nitrogens with one attached hydrogen (secondary N) is 2. The molecule has 1 aromatic carbocycles. The molecule has 0 aliphatic carbocycles. The van der Waals surface area contributed by atoms with E-state index in [4.69, 9.17) is 21.1 Å². The van der Waals surface area contributed by atoms with Gasteiger partial charge >= 0.3 is 18.0 Å². The van der Waals surface area contributed by atoms with Crippen LogP contribution in [-0.4, -0.2) is 37.7 Å². The van der Waals surface area contributed by atoms with Crippen molar-refractivity contribution in [1.82, 2.24) is 10.6 Å². The predicted octanol–water partition coefficient (Wildman–Crippen LogP) is 1.56. The Bertz CT molecular complexity index is 670. The number of rotatable bonds is 6. The molecule has 1 aliphatic rings. The van der Waals surface area contributed by atoms with Crippen molar-refractivity contribution in [2.45, 2.75) is 13.3 Å². The van der Waals surface area contributed by atoms with Gasteiger partial charge in [0.05, 0.1) is 30.8 Å². The predicted molar refractivity (Wildman–Crippen MR) is 86.3 cm³/mol. The smallest absolute Gasteiger partial charge is 0.337 e. The van der Waals surface area contributed by atoms with Gasteiger partial charge in [0.25, 0.3) is 0 Å². The van der Waals surface area contributed by atoms with Crippen LogP contribution in [0.4, 0.5) is 4.79 Å². The van der Waals surface area contributed by atoms with Crippen LogP contribution in [-0.2, 0) is 25.5 Å². The molecule has 1 heterocycles. The third-order valence-electron chi connectivity index (χ3n) is 3.22. The summed E-state index contributed by atoms with van der Waals surface area (Å²) in [4.78, 5) is 35.2. The molecule has 7 nitrogen and oxygen atoms in total. The van der Waals surface area contributed by atoms with Gasteiger partial charge in [0, 0.05) is 5.02 Å². The van der Waals surface area contributed by atoms with Crippen LogP contribution >= 0.6 is 11.6 Å². The first-order chi connectivity index (χ1) is 11.5. The van der Waals surface area contributed by atoms with Crippen LogP contribution in [0.1, 0.15) is 12.5 Å². The molecule has 0 saturated heterocycles. The number of hydrogen-bond donors (Lipinski definition) is 2. The molecule has 128 valence electrons. The second kappa shape index (κ2) is 8.35. The molecule has 1 aromatic rings. The molecule has 0 bridgehead atoms. The maximum absolute atomic E-state index is 11.9. The van der Waals surface area contributed by atoms with E-state index < -0.39 is 18.0 Å². The molecule has 0 aromatic heterocycles. The Hall–Kier alpha value is -2.54. The summed E-state index contributed by atoms with van der Waals surface area (Å²) in [5, 5.41) is 5.52. The van der Waals surface area contributed by atoms with E-state index in [0.717, 1.165) is 5.56 Å². The average Bonchev–Trinajstić information content (AvgIpc) is 2.55. The van der Waals surface area contributed by atoms with E-state index in [9.17, 15) is 14.4 Å². The van der Waals surface area contributed by atoms with Crippen LogP contribution in [0.15, 0.2) is 35.5 Å². The lowest BCUT2D eigenvalue weighted by Crippen LogP contribution is -2.45. The number of esters is 2. The SMILES string of the molecule is CCOC(=O)C1=C(COC(=O)Cc2ccc(Cl)cc2)NC(=O)NC1. The maximum atomic E-state index is 11.9. The van der Waals surface area contributed by atoms with Gasteiger partial charge in [-0.1, -0.05) is 23.7 Å². The largest absolute Gasteiger partial charge is 0.463 e. The summed E-state index contributed by atoms with van der Waals surface area (Å²) in [7, 11) is 0. The standard InChI is InChI=1S/C16H17ClN2O5/c1-2-23-15(21)12-8-18-16(22)19-13(12)9-24-14(20)7-10-3-5-11(17)6-4-10/h3-6H,2,7-9H2,1H3,(H2,18,19,22). The number of amides is 2. The minimum absolute atomic E-state index is 0.0226. The Morgan fingerprint density at radius 2 is 1.92 bits per heavy atom. The lowest BCUT2D eigenvalue weighted by molar-refractivity contribution is -0.143. The van der Waals surface area contributed by atoms with Gasteiger partial charge in [0.15, 0.2) is 0 Å². The summed E-state index contributed by atoms with van der Waals surface area (Å²) < 4.78 is 10.1. The number of halogens is 1. The molecule has 2 rings (SSSR count). The highest BCUT2D eigenvalue weighted by molar-refractivity contribution is 6.30. The van der Waals surface area contributed by atoms with E-state index in [1.165, 1.54) is 0 Å². The zero-order valence-corrected chi connectivity index (χ0v) is 13.8. The van der Waals surface area contributed by atoms with Crippen molar-refractivity contribution < 1.29 is 23.9 Å². The van der Waals surface area contributed by atoms with Crippen LogP contribution in [0.5, 0.6) is 0 Å². The summed E-state index contributed by atoms with van der Waals surface area (Å²) in [6.07, 6.45) is 0.0609. The molecular formula is C16H17ClN2O5. The number of ether oxygens (including phenoxy) is 2. The van der Waals surface area contributed by atoms with Gasteiger partial charge in [0.2, 0.25) is 0 Å². The molecule has 0 unspecified atom stereocenters. The van der Waals surface area contributed by atoms with Crippen molar-refractivity contribution in [3.05, 3.63) is 46.1 Å². The van der Waals surface area contributed by atoms with E-state index in [0.29, 0.717) is 5.02 Å². The highest BCUT2D eigenvalue weighted by Gasteiger charge is 2.24. The first kappa shape index (κ1) is 17.8. The van der Waals surface area contributed by atoms with E-state index in [1.807, 2.05) is 0 Å². The Labute approximate surface area is 144 Å². The summed E-state index contributed by atoms with van der Waals surface area (Å²) in [5.41, 5.74) is 1.20. The first-order valence-corrected chi connectivity index (χ1v) is 7.71. The molecule has 2 amide bonds. The molecule has 0 atom stereocenters. The Balaban J connectivity index is 1.98. The first-order valence-electron chi connectivity index (χ1n) is 7.33. The van der Waals surface area contributed by atoms with Crippen molar-refractivity contribution in [2.75, 3.05) is 19.8 Å². The van der Waals surface area contributed by atoms with Crippen LogP contribution in [0, 0.1) is 0 Å². The second-order valence-electron chi connectivity index (χ2n) is 4.95. The molecule has 0 radical (unpaired) electrons. The lowest BCUT2D eigenvalue weighted by atomic mass is 10.1. The Morgan fingerprint density at radius 3 is 2.58 bits per heavy atom. The highest BCUT2D eigenvalue weighted by Crippen LogP contribution is 2.12. The zero-order chi connectivity index (χ0) is 17.5. The number of hydrogen-bond acceptors (Lipinski definition) is 5. The number of benzene rings is 1. The van der Waals surface area contributed by atoms with Gasteiger partial charge < -0.3 is 20.1 Å². The summed E-state index contributed by atoms with van der Waals surface area (Å²) >= 11 is 5.78. The monoisotopic (exact) mass is 352 g/mol. The second-order valence-corrected chi connectivity index (χ2v) is 5.39. The van der Waals surface area contributed by atoms with E-state index in [2.05, 4.69) is 10.6 Å². The molecule has 24 heavy (non-hydrogen) atoms. The topological polar surface area (TPSA) is 93.7 Å². The van der Waals surface area contributed by atoms with Crippen molar-refractivity contribution >= 4 is 29.6 Å². The quantitative estimate of drug-likeness (QED) is 0.758. The molecule has 8 heteroatoms. The van der Waals surface area contributed by atoms with Gasteiger partial charge in [-0.2, -0.15) is 0 Å². The minimum atomic E-state index is -0.561. The van der Waals surface area contributed by atoms with Crippen molar-refractivity contribution in [3.8, 4) is 0 Å². The molecule has 0 saturated carbocycles. The summed E-state index contributed by atoms with van der Waals surface area (Å²) in [6, 6.07) is 6.34. The van der Waals surface area contributed by atoms with Crippen molar-refractivity contribution in [1.29, 1.82) is 0 Å². The molecule has 2 N–H and O–H groups in total. The lowest BCUT2D eigenvalue weighted by Gasteiger charge is -2.21. The van der Waals surface area contributed by atoms with Gasteiger partial charge in [-0.15, -0.1) is 0 Å². The highest BCUT2D eigenvalue weighted by atomic mass is 35.5. The van der Waals surface area contributed by atoms with E-state index in [1.54, 1.807) is 31.2 Å². The normalized spacial score (nSPS) is 13.8. The van der Waals surface area contributed by atoms with Crippen molar-refractivity contribution in [2.24, 2.45) is 0 Å².